The molecule has 2 heterocycles. The van der Waals surface area contributed by atoms with Crippen molar-refractivity contribution in [2.45, 2.75) is 0 Å². The van der Waals surface area contributed by atoms with Crippen molar-refractivity contribution in [3.8, 4) is 28.3 Å². The van der Waals surface area contributed by atoms with E-state index in [1.54, 1.807) is 24.4 Å². The minimum atomic E-state index is -0.499. The van der Waals surface area contributed by atoms with Crippen LogP contribution in [0.25, 0.3) is 33.5 Å². The van der Waals surface area contributed by atoms with Gasteiger partial charge in [-0.3, -0.25) is 4.98 Å². The Labute approximate surface area is 152 Å². The van der Waals surface area contributed by atoms with Crippen LogP contribution >= 0.6 is 11.6 Å². The van der Waals surface area contributed by atoms with Crippen molar-refractivity contribution in [1.29, 1.82) is 0 Å². The molecular weight excluding hydrogens is 360 g/mol. The van der Waals surface area contributed by atoms with Gasteiger partial charge in [-0.25, -0.2) is 13.8 Å². The predicted octanol–water partition coefficient (Wildman–Crippen LogP) is 5.23. The lowest BCUT2D eigenvalue weighted by molar-refractivity contribution is 0.386. The number of hydrogen-bond donors (Lipinski definition) is 1. The summed E-state index contributed by atoms with van der Waals surface area (Å²) in [5.74, 6) is -0.380. The SMILES string of the molecule is COc1ccc(-c2nc3cc(F)c(-c4ccncc4Cl)cc3[nH]2)cc1F. The third-order valence-electron chi connectivity index (χ3n) is 4.06. The molecule has 4 rings (SSSR count). The van der Waals surface area contributed by atoms with Crippen LogP contribution in [0.4, 0.5) is 8.78 Å². The number of nitrogens with one attached hydrogen (secondary N) is 1. The first kappa shape index (κ1) is 16.5. The smallest absolute Gasteiger partial charge is 0.165 e. The zero-order chi connectivity index (χ0) is 18.3. The normalized spacial score (nSPS) is 11.1. The standard InChI is InChI=1S/C19H12ClF2N3O/c1-26-18-3-2-10(6-15(18)22)19-24-16-7-12(14(21)8-17(16)25-19)11-4-5-23-9-13(11)20/h2-9H,1H3,(H,24,25). The topological polar surface area (TPSA) is 50.8 Å². The van der Waals surface area contributed by atoms with E-state index in [4.69, 9.17) is 16.3 Å². The number of rotatable bonds is 3. The molecule has 0 atom stereocenters. The summed E-state index contributed by atoms with van der Waals surface area (Å²) in [5.41, 5.74) is 2.44. The van der Waals surface area contributed by atoms with Crippen molar-refractivity contribution in [1.82, 2.24) is 15.0 Å². The third-order valence-corrected chi connectivity index (χ3v) is 4.36. The summed E-state index contributed by atoms with van der Waals surface area (Å²) in [4.78, 5) is 11.3. The average molecular weight is 372 g/mol. The van der Waals surface area contributed by atoms with Crippen LogP contribution in [0.1, 0.15) is 0 Å². The van der Waals surface area contributed by atoms with Gasteiger partial charge in [0.15, 0.2) is 11.6 Å². The van der Waals surface area contributed by atoms with E-state index in [0.717, 1.165) is 0 Å². The van der Waals surface area contributed by atoms with Crippen molar-refractivity contribution in [3.63, 3.8) is 0 Å². The second-order valence-corrected chi connectivity index (χ2v) is 6.05. The Morgan fingerprint density at radius 3 is 2.62 bits per heavy atom. The van der Waals surface area contributed by atoms with Gasteiger partial charge in [0.2, 0.25) is 0 Å². The van der Waals surface area contributed by atoms with Crippen molar-refractivity contribution >= 4 is 22.6 Å². The zero-order valence-corrected chi connectivity index (χ0v) is 14.3. The Balaban J connectivity index is 1.83. The monoisotopic (exact) mass is 371 g/mol. The van der Waals surface area contributed by atoms with E-state index < -0.39 is 11.6 Å². The molecule has 0 aliphatic heterocycles. The largest absolute Gasteiger partial charge is 0.494 e. The Kier molecular flexibility index (Phi) is 4.05. The molecule has 0 radical (unpaired) electrons. The molecule has 130 valence electrons. The van der Waals surface area contributed by atoms with Gasteiger partial charge < -0.3 is 9.72 Å². The summed E-state index contributed by atoms with van der Waals surface area (Å²) in [6.45, 7) is 0. The highest BCUT2D eigenvalue weighted by molar-refractivity contribution is 6.33. The lowest BCUT2D eigenvalue weighted by Gasteiger charge is -2.05. The van der Waals surface area contributed by atoms with Crippen LogP contribution in [-0.4, -0.2) is 22.1 Å². The van der Waals surface area contributed by atoms with Crippen molar-refractivity contribution < 1.29 is 13.5 Å². The molecule has 0 bridgehead atoms. The van der Waals surface area contributed by atoms with E-state index in [2.05, 4.69) is 15.0 Å². The van der Waals surface area contributed by atoms with Crippen molar-refractivity contribution in [2.24, 2.45) is 0 Å². The highest BCUT2D eigenvalue weighted by Crippen LogP contribution is 2.33. The number of fused-ring (bicyclic) bond motifs is 1. The van der Waals surface area contributed by atoms with Gasteiger partial charge in [-0.05, 0) is 30.3 Å². The Morgan fingerprint density at radius 2 is 1.88 bits per heavy atom. The lowest BCUT2D eigenvalue weighted by atomic mass is 10.1. The summed E-state index contributed by atoms with van der Waals surface area (Å²) < 4.78 is 33.4. The maximum absolute atomic E-state index is 14.6. The van der Waals surface area contributed by atoms with Gasteiger partial charge in [-0.15, -0.1) is 0 Å². The van der Waals surface area contributed by atoms with Gasteiger partial charge in [0.05, 0.1) is 23.2 Å². The molecular formula is C19H12ClF2N3O. The number of hydrogen-bond acceptors (Lipinski definition) is 3. The van der Waals surface area contributed by atoms with Gasteiger partial charge in [0.25, 0.3) is 0 Å². The third kappa shape index (κ3) is 2.78. The van der Waals surface area contributed by atoms with Crippen molar-refractivity contribution in [2.75, 3.05) is 7.11 Å². The first-order valence-electron chi connectivity index (χ1n) is 7.70. The minimum absolute atomic E-state index is 0.144. The fourth-order valence-electron chi connectivity index (χ4n) is 2.78. The second kappa shape index (κ2) is 6.38. The number of imidazole rings is 1. The van der Waals surface area contributed by atoms with Gasteiger partial charge in [0, 0.05) is 35.2 Å². The molecule has 0 fully saturated rings. The Bertz CT molecular complexity index is 1130. The molecule has 0 amide bonds. The molecule has 0 saturated carbocycles. The van der Waals surface area contributed by atoms with Crippen LogP contribution in [0.15, 0.2) is 48.8 Å². The number of methoxy groups -OCH3 is 1. The van der Waals surface area contributed by atoms with Crippen molar-refractivity contribution in [3.05, 3.63) is 65.4 Å². The van der Waals surface area contributed by atoms with Crippen LogP contribution in [0.2, 0.25) is 5.02 Å². The van der Waals surface area contributed by atoms with Crippen LogP contribution in [0, 0.1) is 11.6 Å². The first-order valence-corrected chi connectivity index (χ1v) is 8.07. The number of pyridine rings is 1. The molecule has 1 N–H and O–H groups in total. The van der Waals surface area contributed by atoms with Crippen LogP contribution < -0.4 is 4.74 Å². The quantitative estimate of drug-likeness (QED) is 0.536. The summed E-state index contributed by atoms with van der Waals surface area (Å²) in [6, 6.07) is 9.09. The Hall–Kier alpha value is -2.99. The number of ether oxygens (including phenoxy) is 1. The predicted molar refractivity (Wildman–Crippen MR) is 96.2 cm³/mol. The second-order valence-electron chi connectivity index (χ2n) is 5.64. The highest BCUT2D eigenvalue weighted by atomic mass is 35.5. The number of benzene rings is 2. The summed E-state index contributed by atoms with van der Waals surface area (Å²) >= 11 is 6.12. The number of nitrogens with zero attached hydrogens (tertiary/aromatic N) is 2. The van der Waals surface area contributed by atoms with E-state index in [0.29, 0.717) is 38.6 Å². The molecule has 0 aliphatic rings. The number of H-pyrrole nitrogens is 1. The van der Waals surface area contributed by atoms with E-state index in [1.807, 2.05) is 0 Å². The van der Waals surface area contributed by atoms with E-state index in [1.165, 1.54) is 31.5 Å². The van der Waals surface area contributed by atoms with Gasteiger partial charge in [-0.1, -0.05) is 11.6 Å². The minimum Gasteiger partial charge on any atom is -0.494 e. The maximum Gasteiger partial charge on any atom is 0.165 e. The van der Waals surface area contributed by atoms with Crippen LogP contribution in [-0.2, 0) is 0 Å². The molecule has 4 aromatic rings. The first-order chi connectivity index (χ1) is 12.6. The van der Waals surface area contributed by atoms with Crippen LogP contribution in [0.5, 0.6) is 5.75 Å². The molecule has 0 spiro atoms. The fourth-order valence-corrected chi connectivity index (χ4v) is 3.00. The fraction of sp³-hybridized carbons (Fsp3) is 0.0526. The van der Waals surface area contributed by atoms with Crippen LogP contribution in [0.3, 0.4) is 0 Å². The van der Waals surface area contributed by atoms with Gasteiger partial charge in [-0.2, -0.15) is 0 Å². The number of aromatic amines is 1. The average Bonchev–Trinajstić information content (AvgIpc) is 3.04. The summed E-state index contributed by atoms with van der Waals surface area (Å²) in [6.07, 6.45) is 3.00. The van der Waals surface area contributed by atoms with E-state index >= 15 is 0 Å². The Morgan fingerprint density at radius 1 is 1.04 bits per heavy atom. The molecule has 7 heteroatoms. The summed E-state index contributed by atoms with van der Waals surface area (Å²) in [7, 11) is 1.40. The zero-order valence-electron chi connectivity index (χ0n) is 13.6. The van der Waals surface area contributed by atoms with Gasteiger partial charge in [0.1, 0.15) is 11.6 Å². The van der Waals surface area contributed by atoms with E-state index in [-0.39, 0.29) is 5.75 Å². The molecule has 0 saturated heterocycles. The number of halogens is 3. The summed E-state index contributed by atoms with van der Waals surface area (Å²) in [5, 5.41) is 0.350. The molecule has 4 nitrogen and oxygen atoms in total. The molecule has 2 aromatic heterocycles. The molecule has 0 unspecified atom stereocenters. The number of aromatic nitrogens is 3. The highest BCUT2D eigenvalue weighted by Gasteiger charge is 2.14. The van der Waals surface area contributed by atoms with Gasteiger partial charge >= 0.3 is 0 Å². The van der Waals surface area contributed by atoms with E-state index in [9.17, 15) is 8.78 Å². The lowest BCUT2D eigenvalue weighted by Crippen LogP contribution is -1.89. The molecule has 2 aromatic carbocycles. The maximum atomic E-state index is 14.6. The molecule has 26 heavy (non-hydrogen) atoms. The molecule has 0 aliphatic carbocycles.